The van der Waals surface area contributed by atoms with E-state index in [1.165, 1.54) is 0 Å². The van der Waals surface area contributed by atoms with E-state index < -0.39 is 0 Å². The van der Waals surface area contributed by atoms with Gasteiger partial charge >= 0.3 is 0 Å². The number of halogens is 1. The first kappa shape index (κ1) is 11.9. The fourth-order valence-corrected chi connectivity index (χ4v) is 2.07. The maximum absolute atomic E-state index is 5.89. The van der Waals surface area contributed by atoms with Crippen molar-refractivity contribution in [2.75, 3.05) is 5.32 Å². The second-order valence-corrected chi connectivity index (χ2v) is 4.36. The number of nitrogens with one attached hydrogen (secondary N) is 3. The highest BCUT2D eigenvalue weighted by atomic mass is 35.5. The highest BCUT2D eigenvalue weighted by molar-refractivity contribution is 6.28. The van der Waals surface area contributed by atoms with Gasteiger partial charge in [-0.05, 0) is 18.0 Å². The van der Waals surface area contributed by atoms with Gasteiger partial charge in [0.25, 0.3) is 0 Å². The fourth-order valence-electron chi connectivity index (χ4n) is 1.91. The number of rotatable bonds is 4. The number of aromatic nitrogens is 6. The molecule has 0 spiro atoms. The van der Waals surface area contributed by atoms with Crippen LogP contribution in [0.25, 0.3) is 11.2 Å². The van der Waals surface area contributed by atoms with Crippen molar-refractivity contribution < 1.29 is 0 Å². The molecule has 0 fully saturated rings. The van der Waals surface area contributed by atoms with Crippen molar-refractivity contribution in [1.29, 1.82) is 0 Å². The number of fused-ring (bicyclic) bond motifs is 1. The molecule has 7 nitrogen and oxygen atoms in total. The zero-order valence-electron chi connectivity index (χ0n) is 10.2. The lowest BCUT2D eigenvalue weighted by Crippen LogP contribution is -2.13. The van der Waals surface area contributed by atoms with Gasteiger partial charge in [0.2, 0.25) is 5.28 Å². The second kappa shape index (κ2) is 4.85. The number of aromatic amines is 2. The third-order valence-corrected chi connectivity index (χ3v) is 3.00. The van der Waals surface area contributed by atoms with E-state index in [0.29, 0.717) is 11.5 Å². The number of hydrogen-bond donors (Lipinski definition) is 3. The van der Waals surface area contributed by atoms with Crippen molar-refractivity contribution in [3.05, 3.63) is 29.8 Å². The van der Waals surface area contributed by atoms with Gasteiger partial charge < -0.3 is 15.3 Å². The Morgan fingerprint density at radius 1 is 1.32 bits per heavy atom. The lowest BCUT2D eigenvalue weighted by Gasteiger charge is -2.15. The standard InChI is InChI=1S/C11H12ClN7/c1-2-6(8-13-3-4-14-8)17-10-7-9(16-5-15-7)18-11(12)19-10/h3-6H,2H2,1H3,(H,13,14)(H2,15,16,17,18,19). The first-order valence-electron chi connectivity index (χ1n) is 5.90. The Labute approximate surface area is 113 Å². The van der Waals surface area contributed by atoms with Crippen molar-refractivity contribution in [3.63, 3.8) is 0 Å². The van der Waals surface area contributed by atoms with E-state index in [9.17, 15) is 0 Å². The van der Waals surface area contributed by atoms with Gasteiger partial charge in [-0.1, -0.05) is 6.92 Å². The van der Waals surface area contributed by atoms with Crippen LogP contribution in [0.1, 0.15) is 25.2 Å². The van der Waals surface area contributed by atoms with Crippen molar-refractivity contribution >= 4 is 28.6 Å². The molecule has 3 heterocycles. The third kappa shape index (κ3) is 2.24. The van der Waals surface area contributed by atoms with Crippen LogP contribution < -0.4 is 5.32 Å². The maximum atomic E-state index is 5.89. The molecule has 3 aromatic heterocycles. The zero-order valence-corrected chi connectivity index (χ0v) is 10.9. The number of hydrogen-bond acceptors (Lipinski definition) is 5. The molecule has 3 aromatic rings. The van der Waals surface area contributed by atoms with Crippen LogP contribution in [0.4, 0.5) is 5.82 Å². The average molecular weight is 278 g/mol. The minimum atomic E-state index is 0.0208. The molecular weight excluding hydrogens is 266 g/mol. The van der Waals surface area contributed by atoms with Crippen LogP contribution in [-0.2, 0) is 0 Å². The van der Waals surface area contributed by atoms with Crippen LogP contribution in [0, 0.1) is 0 Å². The lowest BCUT2D eigenvalue weighted by atomic mass is 10.2. The second-order valence-electron chi connectivity index (χ2n) is 4.02. The Morgan fingerprint density at radius 2 is 2.21 bits per heavy atom. The summed E-state index contributed by atoms with van der Waals surface area (Å²) < 4.78 is 0. The summed E-state index contributed by atoms with van der Waals surface area (Å²) in [5.41, 5.74) is 1.27. The van der Waals surface area contributed by atoms with E-state index in [-0.39, 0.29) is 11.3 Å². The van der Waals surface area contributed by atoms with E-state index in [4.69, 9.17) is 11.6 Å². The summed E-state index contributed by atoms with van der Waals surface area (Å²) in [7, 11) is 0. The van der Waals surface area contributed by atoms with E-state index in [1.54, 1.807) is 18.7 Å². The smallest absolute Gasteiger partial charge is 0.226 e. The number of imidazole rings is 2. The molecule has 0 saturated carbocycles. The van der Waals surface area contributed by atoms with Gasteiger partial charge in [-0.2, -0.15) is 9.97 Å². The summed E-state index contributed by atoms with van der Waals surface area (Å²) in [5, 5.41) is 3.46. The molecule has 3 rings (SSSR count). The summed E-state index contributed by atoms with van der Waals surface area (Å²) in [6.07, 6.45) is 5.93. The summed E-state index contributed by atoms with van der Waals surface area (Å²) in [5.74, 6) is 1.47. The molecule has 8 heteroatoms. The molecule has 0 aliphatic rings. The number of anilines is 1. The predicted molar refractivity (Wildman–Crippen MR) is 71.9 cm³/mol. The van der Waals surface area contributed by atoms with Crippen molar-refractivity contribution in [2.24, 2.45) is 0 Å². The first-order chi connectivity index (χ1) is 9.28. The van der Waals surface area contributed by atoms with Crippen molar-refractivity contribution in [2.45, 2.75) is 19.4 Å². The molecule has 98 valence electrons. The minimum absolute atomic E-state index is 0.0208. The Bertz CT molecular complexity index is 675. The normalized spacial score (nSPS) is 12.7. The van der Waals surface area contributed by atoms with Gasteiger partial charge in [0.05, 0.1) is 12.4 Å². The molecular formula is C11H12ClN7. The zero-order chi connectivity index (χ0) is 13.2. The van der Waals surface area contributed by atoms with E-state index >= 15 is 0 Å². The quantitative estimate of drug-likeness (QED) is 0.636. The van der Waals surface area contributed by atoms with E-state index in [0.717, 1.165) is 17.8 Å². The van der Waals surface area contributed by atoms with Gasteiger partial charge in [0.1, 0.15) is 11.3 Å². The van der Waals surface area contributed by atoms with Gasteiger partial charge in [-0.3, -0.25) is 0 Å². The summed E-state index contributed by atoms with van der Waals surface area (Å²) >= 11 is 5.89. The molecule has 0 aliphatic carbocycles. The Balaban J connectivity index is 1.98. The van der Waals surface area contributed by atoms with Crippen LogP contribution in [0.3, 0.4) is 0 Å². The van der Waals surface area contributed by atoms with E-state index in [2.05, 4.69) is 42.1 Å². The molecule has 0 aliphatic heterocycles. The number of H-pyrrole nitrogens is 2. The molecule has 0 saturated heterocycles. The first-order valence-corrected chi connectivity index (χ1v) is 6.28. The summed E-state index contributed by atoms with van der Waals surface area (Å²) in [4.78, 5) is 22.7. The summed E-state index contributed by atoms with van der Waals surface area (Å²) in [6, 6.07) is 0.0208. The minimum Gasteiger partial charge on any atom is -0.358 e. The lowest BCUT2D eigenvalue weighted by molar-refractivity contribution is 0.701. The van der Waals surface area contributed by atoms with Crippen molar-refractivity contribution in [3.8, 4) is 0 Å². The molecule has 19 heavy (non-hydrogen) atoms. The highest BCUT2D eigenvalue weighted by Crippen LogP contribution is 2.24. The van der Waals surface area contributed by atoms with Crippen LogP contribution in [0.15, 0.2) is 18.7 Å². The Kier molecular flexibility index (Phi) is 3.04. The Morgan fingerprint density at radius 3 is 2.95 bits per heavy atom. The Hall–Kier alpha value is -2.15. The molecule has 0 amide bonds. The topological polar surface area (TPSA) is 95.2 Å². The monoisotopic (exact) mass is 277 g/mol. The van der Waals surface area contributed by atoms with Gasteiger partial charge in [0.15, 0.2) is 11.5 Å². The van der Waals surface area contributed by atoms with E-state index in [1.807, 2.05) is 0 Å². The highest BCUT2D eigenvalue weighted by Gasteiger charge is 2.16. The molecule has 1 unspecified atom stereocenters. The van der Waals surface area contributed by atoms with Gasteiger partial charge in [-0.15, -0.1) is 0 Å². The van der Waals surface area contributed by atoms with Gasteiger partial charge in [0, 0.05) is 12.4 Å². The van der Waals surface area contributed by atoms with Crippen LogP contribution >= 0.6 is 11.6 Å². The van der Waals surface area contributed by atoms with Crippen LogP contribution in [0.5, 0.6) is 0 Å². The predicted octanol–water partition coefficient (Wildman–Crippen LogP) is 2.29. The average Bonchev–Trinajstić information content (AvgIpc) is 3.05. The molecule has 0 aromatic carbocycles. The summed E-state index contributed by atoms with van der Waals surface area (Å²) in [6.45, 7) is 2.06. The SMILES string of the molecule is CCC(Nc1nc(Cl)nc2nc[nH]c12)c1ncc[nH]1. The largest absolute Gasteiger partial charge is 0.358 e. The third-order valence-electron chi connectivity index (χ3n) is 2.83. The van der Waals surface area contributed by atoms with Crippen molar-refractivity contribution in [1.82, 2.24) is 29.9 Å². The maximum Gasteiger partial charge on any atom is 0.226 e. The molecule has 0 bridgehead atoms. The van der Waals surface area contributed by atoms with Crippen LogP contribution in [-0.4, -0.2) is 29.9 Å². The molecule has 1 atom stereocenters. The van der Waals surface area contributed by atoms with Crippen LogP contribution in [0.2, 0.25) is 5.28 Å². The van der Waals surface area contributed by atoms with Gasteiger partial charge in [-0.25, -0.2) is 9.97 Å². The number of nitrogens with zero attached hydrogens (tertiary/aromatic N) is 4. The molecule has 0 radical (unpaired) electrons. The molecule has 3 N–H and O–H groups in total. The fraction of sp³-hybridized carbons (Fsp3) is 0.273.